The van der Waals surface area contributed by atoms with Crippen LogP contribution in [0, 0.1) is 0 Å². The number of hydrogen-bond donors (Lipinski definition) is 0. The van der Waals surface area contributed by atoms with Gasteiger partial charge in [0, 0.05) is 30.0 Å². The van der Waals surface area contributed by atoms with E-state index in [1.165, 1.54) is 22.3 Å². The first-order valence-corrected chi connectivity index (χ1v) is 14.4. The largest absolute Gasteiger partial charge is 0.297 e. The molecule has 0 saturated carbocycles. The highest BCUT2D eigenvalue weighted by Crippen LogP contribution is 2.34. The number of aryl methyl sites for hydroxylation is 4. The summed E-state index contributed by atoms with van der Waals surface area (Å²) in [6, 6.07) is 26.2. The predicted octanol–water partition coefficient (Wildman–Crippen LogP) is 8.33. The van der Waals surface area contributed by atoms with Crippen molar-refractivity contribution < 1.29 is 0 Å². The quantitative estimate of drug-likeness (QED) is 0.206. The van der Waals surface area contributed by atoms with E-state index in [1.807, 2.05) is 12.4 Å². The number of aromatic nitrogens is 2. The lowest BCUT2D eigenvalue weighted by Crippen LogP contribution is -2.40. The van der Waals surface area contributed by atoms with Crippen LogP contribution in [0.4, 0.5) is 23.0 Å². The second kappa shape index (κ2) is 12.6. The lowest BCUT2D eigenvalue weighted by Gasteiger charge is -2.39. The van der Waals surface area contributed by atoms with Gasteiger partial charge in [-0.1, -0.05) is 64.1 Å². The molecule has 5 nitrogen and oxygen atoms in total. The highest BCUT2D eigenvalue weighted by atomic mass is 15.6. The number of rotatable bonds is 10. The van der Waals surface area contributed by atoms with Crippen molar-refractivity contribution in [3.63, 3.8) is 0 Å². The molecule has 40 heavy (non-hydrogen) atoms. The normalized spacial score (nSPS) is 12.8. The Morgan fingerprint density at radius 1 is 0.600 bits per heavy atom. The zero-order chi connectivity index (χ0) is 27.9. The van der Waals surface area contributed by atoms with Crippen molar-refractivity contribution in [1.82, 2.24) is 15.0 Å². The van der Waals surface area contributed by atoms with Crippen molar-refractivity contribution in [2.75, 3.05) is 16.5 Å². The number of hydrazine groups is 1. The standard InChI is InChI=1S/C35H39N5/c1-5-27-11-17-31(18-12-27)39(34-21-15-29(7-3)24-36-34)33-10-9-23-38(26-33)40(32-19-13-28(6-2)14-20-32)35-22-16-30(8-4)25-37-35/h9-25H,5-8,26H2,1-4H3. The highest BCUT2D eigenvalue weighted by molar-refractivity contribution is 5.67. The van der Waals surface area contributed by atoms with E-state index >= 15 is 0 Å². The van der Waals surface area contributed by atoms with E-state index in [0.29, 0.717) is 6.54 Å². The minimum absolute atomic E-state index is 0.649. The summed E-state index contributed by atoms with van der Waals surface area (Å²) < 4.78 is 0. The lowest BCUT2D eigenvalue weighted by atomic mass is 10.1. The van der Waals surface area contributed by atoms with Crippen molar-refractivity contribution in [2.45, 2.75) is 53.4 Å². The predicted molar refractivity (Wildman–Crippen MR) is 167 cm³/mol. The molecule has 0 spiro atoms. The van der Waals surface area contributed by atoms with Crippen LogP contribution in [0.25, 0.3) is 0 Å². The van der Waals surface area contributed by atoms with Gasteiger partial charge in [-0.2, -0.15) is 0 Å². The van der Waals surface area contributed by atoms with Crippen molar-refractivity contribution in [2.24, 2.45) is 0 Å². The number of allylic oxidation sites excluding steroid dienone is 2. The van der Waals surface area contributed by atoms with Gasteiger partial charge >= 0.3 is 0 Å². The summed E-state index contributed by atoms with van der Waals surface area (Å²) >= 11 is 0. The summed E-state index contributed by atoms with van der Waals surface area (Å²) in [5.74, 6) is 1.80. The summed E-state index contributed by atoms with van der Waals surface area (Å²) in [4.78, 5) is 12.0. The Labute approximate surface area is 239 Å². The zero-order valence-electron chi connectivity index (χ0n) is 24.1. The molecule has 0 atom stereocenters. The molecule has 0 saturated heterocycles. The van der Waals surface area contributed by atoms with Gasteiger partial charge in [-0.3, -0.25) is 9.91 Å². The van der Waals surface area contributed by atoms with Gasteiger partial charge in [0.25, 0.3) is 0 Å². The van der Waals surface area contributed by atoms with Gasteiger partial charge in [0.2, 0.25) is 0 Å². The molecule has 1 aliphatic heterocycles. The van der Waals surface area contributed by atoms with E-state index < -0.39 is 0 Å². The topological polar surface area (TPSA) is 35.5 Å². The number of hydrogen-bond acceptors (Lipinski definition) is 5. The summed E-state index contributed by atoms with van der Waals surface area (Å²) in [6.45, 7) is 9.34. The Bertz CT molecular complexity index is 1340. The molecule has 4 aromatic rings. The van der Waals surface area contributed by atoms with Crippen LogP contribution in [0.15, 0.2) is 109 Å². The van der Waals surface area contributed by atoms with Crippen LogP contribution in [-0.2, 0) is 25.7 Å². The highest BCUT2D eigenvalue weighted by Gasteiger charge is 2.24. The summed E-state index contributed by atoms with van der Waals surface area (Å²) in [6.07, 6.45) is 14.3. The van der Waals surface area contributed by atoms with Gasteiger partial charge in [-0.25, -0.2) is 15.0 Å². The fourth-order valence-corrected chi connectivity index (χ4v) is 4.93. The maximum absolute atomic E-state index is 4.88. The third-order valence-electron chi connectivity index (χ3n) is 7.49. The van der Waals surface area contributed by atoms with Gasteiger partial charge in [0.1, 0.15) is 5.82 Å². The maximum atomic E-state index is 4.88. The molecular weight excluding hydrogens is 490 g/mol. The van der Waals surface area contributed by atoms with Gasteiger partial charge in [-0.05, 0) is 96.5 Å². The van der Waals surface area contributed by atoms with Gasteiger partial charge < -0.3 is 0 Å². The van der Waals surface area contributed by atoms with Crippen molar-refractivity contribution in [3.8, 4) is 0 Å². The first-order valence-electron chi connectivity index (χ1n) is 14.4. The van der Waals surface area contributed by atoms with Crippen LogP contribution >= 0.6 is 0 Å². The number of pyridine rings is 2. The minimum atomic E-state index is 0.649. The van der Waals surface area contributed by atoms with Crippen LogP contribution in [0.3, 0.4) is 0 Å². The molecule has 0 fully saturated rings. The summed E-state index contributed by atoms with van der Waals surface area (Å²) in [5, 5.41) is 4.44. The molecule has 0 N–H and O–H groups in total. The van der Waals surface area contributed by atoms with E-state index in [0.717, 1.165) is 54.4 Å². The Hall–Kier alpha value is -4.38. The molecule has 5 heteroatoms. The molecule has 0 amide bonds. The molecule has 5 rings (SSSR count). The van der Waals surface area contributed by atoms with E-state index in [9.17, 15) is 0 Å². The minimum Gasteiger partial charge on any atom is -0.297 e. The molecule has 1 aliphatic rings. The zero-order valence-corrected chi connectivity index (χ0v) is 24.1. The van der Waals surface area contributed by atoms with Crippen molar-refractivity contribution in [1.29, 1.82) is 0 Å². The van der Waals surface area contributed by atoms with Gasteiger partial charge in [0.15, 0.2) is 5.82 Å². The molecule has 3 heterocycles. The first-order chi connectivity index (χ1) is 19.6. The first kappa shape index (κ1) is 27.2. The molecule has 2 aromatic carbocycles. The van der Waals surface area contributed by atoms with Crippen LogP contribution < -0.4 is 9.91 Å². The number of anilines is 4. The molecule has 2 aromatic heterocycles. The third kappa shape index (κ3) is 5.94. The Kier molecular flexibility index (Phi) is 8.60. The second-order valence-corrected chi connectivity index (χ2v) is 10.0. The van der Waals surface area contributed by atoms with E-state index in [-0.39, 0.29) is 0 Å². The Morgan fingerprint density at radius 3 is 1.60 bits per heavy atom. The lowest BCUT2D eigenvalue weighted by molar-refractivity contribution is 0.404. The maximum Gasteiger partial charge on any atom is 0.151 e. The van der Waals surface area contributed by atoms with Crippen LogP contribution in [0.5, 0.6) is 0 Å². The van der Waals surface area contributed by atoms with Crippen molar-refractivity contribution >= 4 is 23.0 Å². The molecule has 0 bridgehead atoms. The fourth-order valence-electron chi connectivity index (χ4n) is 4.93. The Balaban J connectivity index is 1.53. The SMILES string of the molecule is CCc1ccc(N(C2=CC=CN(N(c3ccc(CC)cc3)c3ccc(CC)cn3)C2)c2ccc(CC)cn2)cc1. The Morgan fingerprint density at radius 2 is 1.10 bits per heavy atom. The van der Waals surface area contributed by atoms with E-state index in [2.05, 4.69) is 134 Å². The van der Waals surface area contributed by atoms with Crippen LogP contribution in [-0.4, -0.2) is 21.5 Å². The van der Waals surface area contributed by atoms with Gasteiger partial charge in [-0.15, -0.1) is 0 Å². The third-order valence-corrected chi connectivity index (χ3v) is 7.49. The second-order valence-electron chi connectivity index (χ2n) is 10.0. The smallest absolute Gasteiger partial charge is 0.151 e. The van der Waals surface area contributed by atoms with E-state index in [4.69, 9.17) is 9.97 Å². The number of nitrogens with zero attached hydrogens (tertiary/aromatic N) is 5. The van der Waals surface area contributed by atoms with Crippen LogP contribution in [0.2, 0.25) is 0 Å². The van der Waals surface area contributed by atoms with Gasteiger partial charge in [0.05, 0.1) is 12.2 Å². The average Bonchev–Trinajstić information content (AvgIpc) is 3.03. The molecule has 0 unspecified atom stereocenters. The summed E-state index contributed by atoms with van der Waals surface area (Å²) in [7, 11) is 0. The molecule has 0 aliphatic carbocycles. The molecule has 0 radical (unpaired) electrons. The monoisotopic (exact) mass is 529 g/mol. The molecular formula is C35H39N5. The van der Waals surface area contributed by atoms with Crippen LogP contribution in [0.1, 0.15) is 49.9 Å². The molecule has 204 valence electrons. The summed E-state index contributed by atoms with van der Waals surface area (Å²) in [5.41, 5.74) is 8.39. The van der Waals surface area contributed by atoms with Crippen molar-refractivity contribution in [3.05, 3.63) is 131 Å². The number of benzene rings is 2. The fraction of sp³-hybridized carbons (Fsp3) is 0.257. The van der Waals surface area contributed by atoms with E-state index in [1.54, 1.807) is 0 Å². The average molecular weight is 530 g/mol.